The number of amides is 1. The summed E-state index contributed by atoms with van der Waals surface area (Å²) in [6.45, 7) is 1.52. The number of likely N-dealkylation sites (N-methyl/N-ethyl adjacent to an activating group) is 1. The van der Waals surface area contributed by atoms with Crippen molar-refractivity contribution in [3.05, 3.63) is 22.7 Å². The van der Waals surface area contributed by atoms with Crippen LogP contribution in [0.5, 0.6) is 11.5 Å². The van der Waals surface area contributed by atoms with Gasteiger partial charge < -0.3 is 14.8 Å². The molecule has 1 atom stereocenters. The maximum absolute atomic E-state index is 12.1. The molecule has 0 heterocycles. The Hall–Kier alpha value is -1.44. The number of benzene rings is 1. The zero-order valence-corrected chi connectivity index (χ0v) is 11.6. The van der Waals surface area contributed by atoms with E-state index in [0.29, 0.717) is 0 Å². The Bertz CT molecular complexity index is 465. The molecule has 8 heteroatoms. The van der Waals surface area contributed by atoms with E-state index < -0.39 is 12.5 Å². The average molecular weight is 342 g/mol. The van der Waals surface area contributed by atoms with Crippen LogP contribution >= 0.6 is 15.9 Å². The molecule has 1 amide bonds. The molecule has 1 N–H and O–H groups in total. The summed E-state index contributed by atoms with van der Waals surface area (Å²) in [6, 6.07) is 3.68. The second-order valence-electron chi connectivity index (χ2n) is 3.51. The number of hydrogen-bond donors (Lipinski definition) is 1. The summed E-state index contributed by atoms with van der Waals surface area (Å²) in [6.07, 6.45) is -5.52. The summed E-state index contributed by atoms with van der Waals surface area (Å²) in [4.78, 5) is 11.2. The Kier molecular flexibility index (Phi) is 5.04. The Balaban J connectivity index is 2.80. The van der Waals surface area contributed by atoms with Crippen molar-refractivity contribution in [2.75, 3.05) is 7.05 Å². The predicted molar refractivity (Wildman–Crippen MR) is 65.0 cm³/mol. The van der Waals surface area contributed by atoms with Gasteiger partial charge in [0.05, 0.1) is 4.47 Å². The van der Waals surface area contributed by atoms with Crippen molar-refractivity contribution >= 4 is 21.8 Å². The maximum atomic E-state index is 12.1. The molecule has 1 unspecified atom stereocenters. The SMILES string of the molecule is CNC(=O)C(C)Oc1ccc(OC(F)(F)F)c(Br)c1. The van der Waals surface area contributed by atoms with E-state index in [-0.39, 0.29) is 21.9 Å². The number of carbonyl (C=O) groups excluding carboxylic acids is 1. The number of halogens is 4. The molecule has 0 saturated carbocycles. The molecule has 0 aliphatic rings. The summed E-state index contributed by atoms with van der Waals surface area (Å²) >= 11 is 2.94. The third-order valence-corrected chi connectivity index (χ3v) is 2.68. The second kappa shape index (κ2) is 6.14. The third-order valence-electron chi connectivity index (χ3n) is 2.06. The first kappa shape index (κ1) is 15.6. The van der Waals surface area contributed by atoms with Gasteiger partial charge in [0.25, 0.3) is 5.91 Å². The molecule has 0 radical (unpaired) electrons. The minimum absolute atomic E-state index is 0.0754. The van der Waals surface area contributed by atoms with Crippen LogP contribution in [0.3, 0.4) is 0 Å². The van der Waals surface area contributed by atoms with Gasteiger partial charge in [-0.25, -0.2) is 0 Å². The number of alkyl halides is 3. The summed E-state index contributed by atoms with van der Waals surface area (Å²) in [5.41, 5.74) is 0. The summed E-state index contributed by atoms with van der Waals surface area (Å²) in [5.74, 6) is -0.475. The molecule has 0 aliphatic carbocycles. The third kappa shape index (κ3) is 4.98. The van der Waals surface area contributed by atoms with Gasteiger partial charge in [-0.3, -0.25) is 4.79 Å². The fourth-order valence-electron chi connectivity index (χ4n) is 1.22. The minimum atomic E-state index is -4.76. The number of carbonyl (C=O) groups is 1. The highest BCUT2D eigenvalue weighted by atomic mass is 79.9. The largest absolute Gasteiger partial charge is 0.573 e. The van der Waals surface area contributed by atoms with E-state index in [1.807, 2.05) is 0 Å². The lowest BCUT2D eigenvalue weighted by molar-refractivity contribution is -0.274. The normalized spacial score (nSPS) is 12.7. The van der Waals surface area contributed by atoms with Crippen LogP contribution < -0.4 is 14.8 Å². The smallest absolute Gasteiger partial charge is 0.481 e. The van der Waals surface area contributed by atoms with E-state index in [0.717, 1.165) is 6.07 Å². The van der Waals surface area contributed by atoms with Crippen molar-refractivity contribution in [1.82, 2.24) is 5.32 Å². The van der Waals surface area contributed by atoms with E-state index in [1.54, 1.807) is 0 Å². The van der Waals surface area contributed by atoms with Crippen LogP contribution in [0.25, 0.3) is 0 Å². The zero-order valence-electron chi connectivity index (χ0n) is 10.0. The highest BCUT2D eigenvalue weighted by Crippen LogP contribution is 2.33. The molecular weight excluding hydrogens is 331 g/mol. The van der Waals surface area contributed by atoms with E-state index >= 15 is 0 Å². The van der Waals surface area contributed by atoms with Crippen molar-refractivity contribution in [3.63, 3.8) is 0 Å². The fraction of sp³-hybridized carbons (Fsp3) is 0.364. The van der Waals surface area contributed by atoms with Gasteiger partial charge in [0, 0.05) is 7.05 Å². The Morgan fingerprint density at radius 3 is 2.53 bits per heavy atom. The Morgan fingerprint density at radius 2 is 2.05 bits per heavy atom. The molecule has 0 bridgehead atoms. The highest BCUT2D eigenvalue weighted by molar-refractivity contribution is 9.10. The summed E-state index contributed by atoms with van der Waals surface area (Å²) in [7, 11) is 1.46. The first-order valence-electron chi connectivity index (χ1n) is 5.16. The maximum Gasteiger partial charge on any atom is 0.573 e. The number of nitrogens with one attached hydrogen (secondary N) is 1. The van der Waals surface area contributed by atoms with Gasteiger partial charge in [-0.2, -0.15) is 0 Å². The van der Waals surface area contributed by atoms with E-state index in [9.17, 15) is 18.0 Å². The monoisotopic (exact) mass is 341 g/mol. The van der Waals surface area contributed by atoms with Crippen molar-refractivity contribution < 1.29 is 27.4 Å². The average Bonchev–Trinajstić information content (AvgIpc) is 2.30. The lowest BCUT2D eigenvalue weighted by Crippen LogP contribution is -2.33. The first-order valence-corrected chi connectivity index (χ1v) is 5.96. The van der Waals surface area contributed by atoms with Crippen LogP contribution in [-0.2, 0) is 4.79 Å². The van der Waals surface area contributed by atoms with Crippen molar-refractivity contribution in [3.8, 4) is 11.5 Å². The molecular formula is C11H11BrF3NO3. The number of hydrogen-bond acceptors (Lipinski definition) is 3. The molecule has 1 aromatic carbocycles. The van der Waals surface area contributed by atoms with Gasteiger partial charge in [0.15, 0.2) is 6.10 Å². The van der Waals surface area contributed by atoms with Gasteiger partial charge in [-0.15, -0.1) is 13.2 Å². The zero-order chi connectivity index (χ0) is 14.6. The van der Waals surface area contributed by atoms with Crippen molar-refractivity contribution in [1.29, 1.82) is 0 Å². The standard InChI is InChI=1S/C11H11BrF3NO3/c1-6(10(17)16-2)18-7-3-4-9(8(12)5-7)19-11(13,14)15/h3-6H,1-2H3,(H,16,17). The van der Waals surface area contributed by atoms with Gasteiger partial charge >= 0.3 is 6.36 Å². The first-order chi connectivity index (χ1) is 8.73. The van der Waals surface area contributed by atoms with Gasteiger partial charge in [0.2, 0.25) is 0 Å². The van der Waals surface area contributed by atoms with Crippen LogP contribution in [0, 0.1) is 0 Å². The lowest BCUT2D eigenvalue weighted by atomic mass is 10.3. The van der Waals surface area contributed by atoms with Crippen LogP contribution in [0.15, 0.2) is 22.7 Å². The molecule has 0 aromatic heterocycles. The van der Waals surface area contributed by atoms with Crippen LogP contribution in [0.4, 0.5) is 13.2 Å². The summed E-state index contributed by atoms with van der Waals surface area (Å²) in [5, 5.41) is 2.39. The predicted octanol–water partition coefficient (Wildman–Crippen LogP) is 2.86. The molecule has 0 saturated heterocycles. The highest BCUT2D eigenvalue weighted by Gasteiger charge is 2.32. The molecule has 1 aromatic rings. The topological polar surface area (TPSA) is 47.6 Å². The molecule has 106 valence electrons. The molecule has 4 nitrogen and oxygen atoms in total. The second-order valence-corrected chi connectivity index (χ2v) is 4.37. The van der Waals surface area contributed by atoms with E-state index in [4.69, 9.17) is 4.74 Å². The molecule has 0 spiro atoms. The molecule has 1 rings (SSSR count). The molecule has 19 heavy (non-hydrogen) atoms. The Morgan fingerprint density at radius 1 is 1.42 bits per heavy atom. The van der Waals surface area contributed by atoms with Crippen LogP contribution in [0.2, 0.25) is 0 Å². The Labute approximate surface area is 116 Å². The number of rotatable bonds is 4. The van der Waals surface area contributed by atoms with Crippen molar-refractivity contribution in [2.45, 2.75) is 19.4 Å². The van der Waals surface area contributed by atoms with Crippen molar-refractivity contribution in [2.24, 2.45) is 0 Å². The quantitative estimate of drug-likeness (QED) is 0.915. The summed E-state index contributed by atoms with van der Waals surface area (Å²) < 4.78 is 45.3. The molecule has 0 aliphatic heterocycles. The van der Waals surface area contributed by atoms with Gasteiger partial charge in [0.1, 0.15) is 11.5 Å². The van der Waals surface area contributed by atoms with Gasteiger partial charge in [-0.05, 0) is 41.1 Å². The number of ether oxygens (including phenoxy) is 2. The van der Waals surface area contributed by atoms with Crippen LogP contribution in [0.1, 0.15) is 6.92 Å². The lowest BCUT2D eigenvalue weighted by Gasteiger charge is -2.15. The van der Waals surface area contributed by atoms with E-state index in [2.05, 4.69) is 26.0 Å². The van der Waals surface area contributed by atoms with Gasteiger partial charge in [-0.1, -0.05) is 0 Å². The minimum Gasteiger partial charge on any atom is -0.481 e. The van der Waals surface area contributed by atoms with E-state index in [1.165, 1.54) is 26.1 Å². The van der Waals surface area contributed by atoms with Crippen LogP contribution in [-0.4, -0.2) is 25.4 Å². The molecule has 0 fully saturated rings. The fourth-order valence-corrected chi connectivity index (χ4v) is 1.66.